The number of nitrogens with one attached hydrogen (secondary N) is 1. The lowest BCUT2D eigenvalue weighted by atomic mass is 10.2. The second-order valence-electron chi connectivity index (χ2n) is 3.30. The lowest BCUT2D eigenvalue weighted by Gasteiger charge is -2.09. The predicted octanol–water partition coefficient (Wildman–Crippen LogP) is -0.230. The van der Waals surface area contributed by atoms with E-state index in [2.05, 4.69) is 10.3 Å². The number of rotatable bonds is 8. The van der Waals surface area contributed by atoms with E-state index in [0.29, 0.717) is 6.54 Å². The second kappa shape index (κ2) is 7.25. The zero-order valence-electron chi connectivity index (χ0n) is 9.59. The Hall–Kier alpha value is -2.12. The summed E-state index contributed by atoms with van der Waals surface area (Å²) in [5.41, 5.74) is 7.41. The largest absolute Gasteiger partial charge is 0.491 e. The van der Waals surface area contributed by atoms with Crippen molar-refractivity contribution in [3.05, 3.63) is 29.8 Å². The quantitative estimate of drug-likeness (QED) is 0.436. The number of para-hydroxylation sites is 1. The van der Waals surface area contributed by atoms with Crippen molar-refractivity contribution < 1.29 is 24.3 Å². The third-order valence-electron chi connectivity index (χ3n) is 1.90. The molecule has 7 nitrogen and oxygen atoms in total. The number of hydroxylamine groups is 1. The van der Waals surface area contributed by atoms with E-state index in [1.165, 1.54) is 6.07 Å². The van der Waals surface area contributed by atoms with Gasteiger partial charge in [-0.2, -0.15) is 5.48 Å². The molecule has 0 saturated heterocycles. The fourth-order valence-corrected chi connectivity index (χ4v) is 1.17. The number of carboxylic acids is 1. The molecule has 7 heteroatoms. The number of primary amides is 1. The van der Waals surface area contributed by atoms with E-state index >= 15 is 0 Å². The zero-order chi connectivity index (χ0) is 13.4. The molecule has 1 amide bonds. The van der Waals surface area contributed by atoms with Gasteiger partial charge in [-0.1, -0.05) is 12.1 Å². The van der Waals surface area contributed by atoms with Gasteiger partial charge in [-0.05, 0) is 12.1 Å². The van der Waals surface area contributed by atoms with Crippen LogP contribution in [0.1, 0.15) is 10.4 Å². The Labute approximate surface area is 103 Å². The van der Waals surface area contributed by atoms with E-state index in [1.54, 1.807) is 18.2 Å². The van der Waals surface area contributed by atoms with Gasteiger partial charge >= 0.3 is 5.97 Å². The Bertz CT molecular complexity index is 422. The minimum Gasteiger partial charge on any atom is -0.491 e. The molecule has 0 atom stereocenters. The molecule has 4 N–H and O–H groups in total. The summed E-state index contributed by atoms with van der Waals surface area (Å²) in [7, 11) is 0. The fourth-order valence-electron chi connectivity index (χ4n) is 1.17. The van der Waals surface area contributed by atoms with Gasteiger partial charge in [0.05, 0.1) is 6.54 Å². The van der Waals surface area contributed by atoms with Crippen LogP contribution < -0.4 is 16.0 Å². The normalized spacial score (nSPS) is 10.0. The minimum absolute atomic E-state index is 0.0931. The van der Waals surface area contributed by atoms with E-state index in [4.69, 9.17) is 15.6 Å². The Morgan fingerprint density at radius 1 is 1.33 bits per heavy atom. The molecule has 1 aromatic rings. The maximum atomic E-state index is 10.9. The molecule has 0 unspecified atom stereocenters. The highest BCUT2D eigenvalue weighted by molar-refractivity contribution is 5.90. The number of aromatic carboxylic acids is 1. The van der Waals surface area contributed by atoms with Crippen LogP contribution in [-0.4, -0.2) is 36.7 Å². The molecule has 0 bridgehead atoms. The first-order valence-corrected chi connectivity index (χ1v) is 5.19. The molecule has 0 aromatic heterocycles. The lowest BCUT2D eigenvalue weighted by molar-refractivity contribution is -0.125. The van der Waals surface area contributed by atoms with Gasteiger partial charge in [0.25, 0.3) is 0 Å². The molecule has 0 saturated carbocycles. The number of amides is 1. The number of carboxylic acid groups (broad SMARTS) is 1. The zero-order valence-corrected chi connectivity index (χ0v) is 9.59. The van der Waals surface area contributed by atoms with Crippen molar-refractivity contribution >= 4 is 11.9 Å². The summed E-state index contributed by atoms with van der Waals surface area (Å²) in [6.07, 6.45) is 0. The van der Waals surface area contributed by atoms with Gasteiger partial charge in [-0.15, -0.1) is 0 Å². The Balaban J connectivity index is 2.31. The molecule has 1 aromatic carbocycles. The van der Waals surface area contributed by atoms with E-state index in [-0.39, 0.29) is 24.5 Å². The first-order chi connectivity index (χ1) is 8.61. The van der Waals surface area contributed by atoms with Crippen LogP contribution in [0.25, 0.3) is 0 Å². The average molecular weight is 254 g/mol. The van der Waals surface area contributed by atoms with Crippen molar-refractivity contribution in [2.45, 2.75) is 0 Å². The van der Waals surface area contributed by atoms with Crippen molar-refractivity contribution in [1.82, 2.24) is 5.48 Å². The first-order valence-electron chi connectivity index (χ1n) is 5.19. The summed E-state index contributed by atoms with van der Waals surface area (Å²) in [5.74, 6) is -1.36. The van der Waals surface area contributed by atoms with Crippen molar-refractivity contribution in [3.8, 4) is 5.75 Å². The van der Waals surface area contributed by atoms with Crippen LogP contribution in [0.15, 0.2) is 24.3 Å². The molecule has 98 valence electrons. The number of carbonyl (C=O) groups excluding carboxylic acids is 1. The highest BCUT2D eigenvalue weighted by atomic mass is 16.6. The van der Waals surface area contributed by atoms with Crippen molar-refractivity contribution in [3.63, 3.8) is 0 Å². The molecule has 0 aliphatic carbocycles. The fraction of sp³-hybridized carbons (Fsp3) is 0.273. The lowest BCUT2D eigenvalue weighted by Crippen LogP contribution is -2.27. The average Bonchev–Trinajstić information content (AvgIpc) is 2.33. The van der Waals surface area contributed by atoms with E-state index in [1.807, 2.05) is 0 Å². The Kier molecular flexibility index (Phi) is 5.62. The van der Waals surface area contributed by atoms with Crippen LogP contribution in [-0.2, 0) is 9.63 Å². The maximum Gasteiger partial charge on any atom is 0.339 e. The smallest absolute Gasteiger partial charge is 0.339 e. The number of nitrogens with two attached hydrogens (primary N) is 1. The van der Waals surface area contributed by atoms with Crippen LogP contribution in [0.2, 0.25) is 0 Å². The Morgan fingerprint density at radius 2 is 2.06 bits per heavy atom. The van der Waals surface area contributed by atoms with Crippen LogP contribution in [0.5, 0.6) is 5.75 Å². The molecule has 1 rings (SSSR count). The predicted molar refractivity (Wildman–Crippen MR) is 62.0 cm³/mol. The first kappa shape index (κ1) is 13.9. The summed E-state index contributed by atoms with van der Waals surface area (Å²) in [5, 5.41) is 8.90. The van der Waals surface area contributed by atoms with E-state index in [9.17, 15) is 9.59 Å². The summed E-state index contributed by atoms with van der Waals surface area (Å²) < 4.78 is 5.27. The summed E-state index contributed by atoms with van der Waals surface area (Å²) in [6.45, 7) is 0.260. The molecule has 0 fully saturated rings. The van der Waals surface area contributed by atoms with Gasteiger partial charge in [0, 0.05) is 0 Å². The van der Waals surface area contributed by atoms with Gasteiger partial charge in [-0.25, -0.2) is 4.79 Å². The number of hydrogen-bond donors (Lipinski definition) is 3. The summed E-state index contributed by atoms with van der Waals surface area (Å²) in [4.78, 5) is 25.9. The molecule has 0 heterocycles. The van der Waals surface area contributed by atoms with Crippen molar-refractivity contribution in [2.24, 2.45) is 5.73 Å². The highest BCUT2D eigenvalue weighted by Gasteiger charge is 2.09. The number of benzene rings is 1. The highest BCUT2D eigenvalue weighted by Crippen LogP contribution is 2.17. The third kappa shape index (κ3) is 4.81. The SMILES string of the molecule is NC(=O)CONCCOc1ccccc1C(=O)O. The van der Waals surface area contributed by atoms with Gasteiger partial charge in [-0.3, -0.25) is 9.63 Å². The van der Waals surface area contributed by atoms with Gasteiger partial charge < -0.3 is 15.6 Å². The van der Waals surface area contributed by atoms with E-state index in [0.717, 1.165) is 0 Å². The van der Waals surface area contributed by atoms with Crippen LogP contribution in [0, 0.1) is 0 Å². The molecular weight excluding hydrogens is 240 g/mol. The van der Waals surface area contributed by atoms with Crippen LogP contribution >= 0.6 is 0 Å². The van der Waals surface area contributed by atoms with E-state index < -0.39 is 11.9 Å². The third-order valence-corrected chi connectivity index (χ3v) is 1.90. The second-order valence-corrected chi connectivity index (χ2v) is 3.30. The molecular formula is C11H14N2O5. The standard InChI is InChI=1S/C11H14N2O5/c12-10(14)7-18-13-5-6-17-9-4-2-1-3-8(9)11(15)16/h1-4,13H,5-7H2,(H2,12,14)(H,15,16). The monoisotopic (exact) mass is 254 g/mol. The van der Waals surface area contributed by atoms with Gasteiger partial charge in [0.1, 0.15) is 24.5 Å². The van der Waals surface area contributed by atoms with Crippen molar-refractivity contribution in [1.29, 1.82) is 0 Å². The number of hydrogen-bond acceptors (Lipinski definition) is 5. The molecule has 18 heavy (non-hydrogen) atoms. The Morgan fingerprint density at radius 3 is 2.72 bits per heavy atom. The number of carbonyl (C=O) groups is 2. The number of ether oxygens (including phenoxy) is 1. The van der Waals surface area contributed by atoms with Gasteiger partial charge in [0.15, 0.2) is 0 Å². The van der Waals surface area contributed by atoms with Gasteiger partial charge in [0.2, 0.25) is 5.91 Å². The maximum absolute atomic E-state index is 10.9. The molecule has 0 aliphatic heterocycles. The summed E-state index contributed by atoms with van der Waals surface area (Å²) >= 11 is 0. The molecule has 0 radical (unpaired) electrons. The molecule has 0 spiro atoms. The topological polar surface area (TPSA) is 111 Å². The molecule has 0 aliphatic rings. The van der Waals surface area contributed by atoms with Crippen molar-refractivity contribution in [2.75, 3.05) is 19.8 Å². The summed E-state index contributed by atoms with van der Waals surface area (Å²) in [6, 6.07) is 6.31. The van der Waals surface area contributed by atoms with Crippen LogP contribution in [0.3, 0.4) is 0 Å². The minimum atomic E-state index is -1.05. The van der Waals surface area contributed by atoms with Crippen LogP contribution in [0.4, 0.5) is 0 Å².